The average Bonchev–Trinajstić information content (AvgIpc) is 2.48. The third-order valence-electron chi connectivity index (χ3n) is 4.19. The van der Waals surface area contributed by atoms with Crippen LogP contribution in [0.15, 0.2) is 24.5 Å². The van der Waals surface area contributed by atoms with Crippen molar-refractivity contribution in [3.63, 3.8) is 0 Å². The highest BCUT2D eigenvalue weighted by Crippen LogP contribution is 2.28. The van der Waals surface area contributed by atoms with Crippen LogP contribution in [-0.4, -0.2) is 34.8 Å². The topological polar surface area (TPSA) is 105 Å². The molecule has 1 aliphatic rings. The fourth-order valence-electron chi connectivity index (χ4n) is 2.94. The number of anilines is 1. The standard InChI is InChI=1S/C15H24N4O2/c16-13(15(20)21)3-1-2-11-6-9-19(14(17)10-11)12-4-7-18-8-5-12/h4-5,7-8,11,13-14H,1-3,6,9-10,16-17H2,(H,20,21). The molecule has 0 amide bonds. The Hall–Kier alpha value is -1.66. The SMILES string of the molecule is NC(CCCC1CCN(c2ccncc2)C(N)C1)C(=O)O. The third-order valence-corrected chi connectivity index (χ3v) is 4.19. The summed E-state index contributed by atoms with van der Waals surface area (Å²) >= 11 is 0. The molecular formula is C15H24N4O2. The van der Waals surface area contributed by atoms with Crippen LogP contribution >= 0.6 is 0 Å². The van der Waals surface area contributed by atoms with E-state index in [1.54, 1.807) is 12.4 Å². The number of aromatic nitrogens is 1. The van der Waals surface area contributed by atoms with Crippen LogP contribution in [0.5, 0.6) is 0 Å². The van der Waals surface area contributed by atoms with E-state index in [1.165, 1.54) is 0 Å². The number of nitrogens with two attached hydrogens (primary N) is 2. The molecule has 3 unspecified atom stereocenters. The Morgan fingerprint density at radius 3 is 2.81 bits per heavy atom. The van der Waals surface area contributed by atoms with Crippen LogP contribution in [0.3, 0.4) is 0 Å². The predicted molar refractivity (Wildman–Crippen MR) is 81.7 cm³/mol. The van der Waals surface area contributed by atoms with Crippen LogP contribution in [0, 0.1) is 5.92 Å². The summed E-state index contributed by atoms with van der Waals surface area (Å²) in [5.74, 6) is -0.363. The summed E-state index contributed by atoms with van der Waals surface area (Å²) < 4.78 is 0. The number of carboxylic acid groups (broad SMARTS) is 1. The number of piperidine rings is 1. The lowest BCUT2D eigenvalue weighted by Gasteiger charge is -2.39. The van der Waals surface area contributed by atoms with Gasteiger partial charge < -0.3 is 21.5 Å². The van der Waals surface area contributed by atoms with Crippen molar-refractivity contribution < 1.29 is 9.90 Å². The molecule has 1 aliphatic heterocycles. The van der Waals surface area contributed by atoms with Gasteiger partial charge >= 0.3 is 5.97 Å². The number of pyridine rings is 1. The zero-order chi connectivity index (χ0) is 15.2. The molecule has 1 aromatic rings. The first-order chi connectivity index (χ1) is 10.1. The summed E-state index contributed by atoms with van der Waals surface area (Å²) in [5, 5.41) is 8.77. The summed E-state index contributed by atoms with van der Waals surface area (Å²) in [6.07, 6.45) is 7.97. The van der Waals surface area contributed by atoms with Crippen molar-refractivity contribution in [2.45, 2.75) is 44.3 Å². The molecule has 0 aromatic carbocycles. The number of carbonyl (C=O) groups is 1. The summed E-state index contributed by atoms with van der Waals surface area (Å²) in [7, 11) is 0. The van der Waals surface area contributed by atoms with E-state index in [1.807, 2.05) is 12.1 Å². The summed E-state index contributed by atoms with van der Waals surface area (Å²) in [4.78, 5) is 16.9. The van der Waals surface area contributed by atoms with Crippen molar-refractivity contribution in [2.75, 3.05) is 11.4 Å². The number of hydrogen-bond acceptors (Lipinski definition) is 5. The van der Waals surface area contributed by atoms with Crippen LogP contribution < -0.4 is 16.4 Å². The van der Waals surface area contributed by atoms with Crippen molar-refractivity contribution in [2.24, 2.45) is 17.4 Å². The Kier molecular flexibility index (Phi) is 5.52. The number of carboxylic acids is 1. The van der Waals surface area contributed by atoms with Crippen LogP contribution in [0.4, 0.5) is 5.69 Å². The molecule has 116 valence electrons. The predicted octanol–water partition coefficient (Wildman–Crippen LogP) is 1.16. The normalized spacial score (nSPS) is 23.8. The fraction of sp³-hybridized carbons (Fsp3) is 0.600. The summed E-state index contributed by atoms with van der Waals surface area (Å²) in [6, 6.07) is 3.22. The number of hydrogen-bond donors (Lipinski definition) is 3. The Morgan fingerprint density at radius 2 is 2.19 bits per heavy atom. The van der Waals surface area contributed by atoms with E-state index >= 15 is 0 Å². The first kappa shape index (κ1) is 15.7. The second-order valence-electron chi connectivity index (χ2n) is 5.73. The van der Waals surface area contributed by atoms with Gasteiger partial charge in [-0.05, 0) is 37.3 Å². The Bertz CT molecular complexity index is 454. The zero-order valence-corrected chi connectivity index (χ0v) is 12.2. The van der Waals surface area contributed by atoms with E-state index in [9.17, 15) is 4.79 Å². The molecule has 5 N–H and O–H groups in total. The minimum absolute atomic E-state index is 0.0132. The quantitative estimate of drug-likeness (QED) is 0.726. The van der Waals surface area contributed by atoms with Gasteiger partial charge in [0.15, 0.2) is 0 Å². The second kappa shape index (κ2) is 7.38. The van der Waals surface area contributed by atoms with Gasteiger partial charge in [-0.25, -0.2) is 0 Å². The van der Waals surface area contributed by atoms with Gasteiger partial charge in [0, 0.05) is 24.6 Å². The van der Waals surface area contributed by atoms with E-state index < -0.39 is 12.0 Å². The Morgan fingerprint density at radius 1 is 1.48 bits per heavy atom. The summed E-state index contributed by atoms with van der Waals surface area (Å²) in [6.45, 7) is 0.931. The van der Waals surface area contributed by atoms with Gasteiger partial charge in [0.2, 0.25) is 0 Å². The maximum Gasteiger partial charge on any atom is 0.320 e. The van der Waals surface area contributed by atoms with Crippen LogP contribution in [0.1, 0.15) is 32.1 Å². The van der Waals surface area contributed by atoms with Crippen molar-refractivity contribution in [1.29, 1.82) is 0 Å². The van der Waals surface area contributed by atoms with Gasteiger partial charge in [-0.2, -0.15) is 0 Å². The number of aliphatic carboxylic acids is 1. The summed E-state index contributed by atoms with van der Waals surface area (Å²) in [5.41, 5.74) is 12.9. The average molecular weight is 292 g/mol. The van der Waals surface area contributed by atoms with Crippen molar-refractivity contribution in [3.05, 3.63) is 24.5 Å². The highest BCUT2D eigenvalue weighted by atomic mass is 16.4. The molecule has 2 rings (SSSR count). The molecule has 6 nitrogen and oxygen atoms in total. The van der Waals surface area contributed by atoms with Crippen molar-refractivity contribution in [1.82, 2.24) is 4.98 Å². The Balaban J connectivity index is 1.77. The number of rotatable bonds is 6. The first-order valence-electron chi connectivity index (χ1n) is 7.48. The van der Waals surface area contributed by atoms with Gasteiger partial charge in [0.05, 0.1) is 6.17 Å². The smallest absolute Gasteiger partial charge is 0.320 e. The van der Waals surface area contributed by atoms with Gasteiger partial charge in [0.25, 0.3) is 0 Å². The second-order valence-corrected chi connectivity index (χ2v) is 5.73. The van der Waals surface area contributed by atoms with E-state index in [0.717, 1.165) is 37.9 Å². The molecular weight excluding hydrogens is 268 g/mol. The van der Waals surface area contributed by atoms with Gasteiger partial charge in [-0.3, -0.25) is 9.78 Å². The molecule has 0 bridgehead atoms. The van der Waals surface area contributed by atoms with E-state index in [4.69, 9.17) is 16.6 Å². The third kappa shape index (κ3) is 4.41. The monoisotopic (exact) mass is 292 g/mol. The molecule has 1 fully saturated rings. The van der Waals surface area contributed by atoms with Crippen LogP contribution in [-0.2, 0) is 4.79 Å². The molecule has 6 heteroatoms. The molecule has 21 heavy (non-hydrogen) atoms. The molecule has 2 heterocycles. The lowest BCUT2D eigenvalue weighted by atomic mass is 9.89. The Labute approximate surface area is 125 Å². The van der Waals surface area contributed by atoms with Crippen LogP contribution in [0.2, 0.25) is 0 Å². The molecule has 1 aromatic heterocycles. The molecule has 0 spiro atoms. The molecule has 0 aliphatic carbocycles. The largest absolute Gasteiger partial charge is 0.480 e. The lowest BCUT2D eigenvalue weighted by Crippen LogP contribution is -2.48. The van der Waals surface area contributed by atoms with Gasteiger partial charge in [0.1, 0.15) is 6.04 Å². The fourth-order valence-corrected chi connectivity index (χ4v) is 2.94. The van der Waals surface area contributed by atoms with E-state index in [-0.39, 0.29) is 6.17 Å². The molecule has 1 saturated heterocycles. The van der Waals surface area contributed by atoms with Crippen molar-refractivity contribution >= 4 is 11.7 Å². The molecule has 3 atom stereocenters. The molecule has 0 radical (unpaired) electrons. The zero-order valence-electron chi connectivity index (χ0n) is 12.2. The van der Waals surface area contributed by atoms with Gasteiger partial charge in [-0.1, -0.05) is 12.8 Å². The van der Waals surface area contributed by atoms with E-state index in [0.29, 0.717) is 12.3 Å². The highest BCUT2D eigenvalue weighted by molar-refractivity contribution is 5.72. The van der Waals surface area contributed by atoms with Crippen LogP contribution in [0.25, 0.3) is 0 Å². The minimum Gasteiger partial charge on any atom is -0.480 e. The van der Waals surface area contributed by atoms with E-state index in [2.05, 4.69) is 9.88 Å². The highest BCUT2D eigenvalue weighted by Gasteiger charge is 2.26. The van der Waals surface area contributed by atoms with Gasteiger partial charge in [-0.15, -0.1) is 0 Å². The number of nitrogens with zero attached hydrogens (tertiary/aromatic N) is 2. The minimum atomic E-state index is -0.917. The van der Waals surface area contributed by atoms with Crippen molar-refractivity contribution in [3.8, 4) is 0 Å². The maximum atomic E-state index is 10.7. The lowest BCUT2D eigenvalue weighted by molar-refractivity contribution is -0.138. The first-order valence-corrected chi connectivity index (χ1v) is 7.48. The molecule has 0 saturated carbocycles. The maximum absolute atomic E-state index is 10.7.